The van der Waals surface area contributed by atoms with Gasteiger partial charge in [0.15, 0.2) is 0 Å². The summed E-state index contributed by atoms with van der Waals surface area (Å²) in [6.45, 7) is 0. The van der Waals surface area contributed by atoms with Crippen molar-refractivity contribution in [1.29, 1.82) is 0 Å². The Balaban J connectivity index is 0.000000228. The molecule has 6 atom stereocenters. The Hall–Kier alpha value is -5.96. The highest BCUT2D eigenvalue weighted by molar-refractivity contribution is 6.21. The molecular formula is C45H58N6O16. The molecule has 2 fully saturated rings. The van der Waals surface area contributed by atoms with E-state index in [2.05, 4.69) is 16.5 Å². The second-order valence-corrected chi connectivity index (χ2v) is 15.3. The zero-order valence-corrected chi connectivity index (χ0v) is 35.4. The van der Waals surface area contributed by atoms with Gasteiger partial charge in [-0.1, -0.05) is 68.1 Å². The standard InChI is InChI=1S/C13H13NO5.C13H11NO3.C8H5NO3.C5H11NO3.C5H8O.CH4.H4N2.H2O/c15-10-5-7(6-11(10)16)19-14-12(17)8-3-1-2-4-9(8)13(14)18;15-12-10-7-3-4-8-11(10)13(16)14(12)17-9-5-1-2-6-9;10-7-5-3-1-2-4-6(5)8(11)9(7)12;6-9-3-1-4(7)5(8)2-3;6-5-3-1-2-4-5;;1-2;/h1-4,7,10-11,15-16H,5-6H2;1-4,7-9H,5-6H2;1-4,12H;3-5,7-8H,1-2,6H2;1-2,5-6H,3-4H2;1H4;1-2H2;1H2/t7?,10-,11+;;;3?,4-,5+;;;;. The number of imide groups is 3. The number of benzene rings is 3. The third-order valence-corrected chi connectivity index (χ3v) is 10.8. The molecule has 14 N–H and O–H groups in total. The monoisotopic (exact) mass is 938 g/mol. The lowest BCUT2D eigenvalue weighted by atomic mass is 10.1. The molecule has 3 aromatic carbocycles. The summed E-state index contributed by atoms with van der Waals surface area (Å²) in [5.41, 5.74) is 1.97. The molecule has 7 aliphatic rings. The summed E-state index contributed by atoms with van der Waals surface area (Å²) in [6.07, 6.45) is 8.56. The number of aliphatic hydroxyl groups excluding tert-OH is 5. The lowest BCUT2D eigenvalue weighted by molar-refractivity contribution is -0.132. The first-order chi connectivity index (χ1) is 31.2. The smallest absolute Gasteiger partial charge is 0.285 e. The molecule has 364 valence electrons. The average Bonchev–Trinajstić information content (AvgIpc) is 4.22. The van der Waals surface area contributed by atoms with Crippen LogP contribution in [0.25, 0.3) is 0 Å². The van der Waals surface area contributed by atoms with E-state index in [1.54, 1.807) is 60.7 Å². The predicted molar refractivity (Wildman–Crippen MR) is 235 cm³/mol. The number of aliphatic hydroxyl groups is 5. The van der Waals surface area contributed by atoms with E-state index in [1.165, 1.54) is 12.1 Å². The van der Waals surface area contributed by atoms with Crippen molar-refractivity contribution >= 4 is 35.4 Å². The van der Waals surface area contributed by atoms with E-state index in [0.717, 1.165) is 35.8 Å². The van der Waals surface area contributed by atoms with Crippen LogP contribution in [0.3, 0.4) is 0 Å². The molecule has 22 heteroatoms. The quantitative estimate of drug-likeness (QED) is 0.0561. The van der Waals surface area contributed by atoms with Crippen molar-refractivity contribution in [3.05, 3.63) is 130 Å². The second kappa shape index (κ2) is 25.8. The molecule has 67 heavy (non-hydrogen) atoms. The number of hydrogen-bond donors (Lipinski definition) is 9. The molecule has 3 aromatic rings. The summed E-state index contributed by atoms with van der Waals surface area (Å²) < 4.78 is 0. The van der Waals surface area contributed by atoms with E-state index in [-0.39, 0.29) is 72.1 Å². The van der Waals surface area contributed by atoms with E-state index >= 15 is 0 Å². The van der Waals surface area contributed by atoms with Gasteiger partial charge in [-0.05, 0) is 62.1 Å². The number of carbonyl (C=O) groups excluding carboxylic acids is 6. The average molecular weight is 939 g/mol. The minimum absolute atomic E-state index is 0. The summed E-state index contributed by atoms with van der Waals surface area (Å²) in [5, 5.41) is 56.0. The van der Waals surface area contributed by atoms with Gasteiger partial charge in [0.05, 0.1) is 82.2 Å². The fourth-order valence-corrected chi connectivity index (χ4v) is 7.38. The normalized spacial score (nSPS) is 24.1. The van der Waals surface area contributed by atoms with Gasteiger partial charge in [-0.3, -0.25) is 55.3 Å². The van der Waals surface area contributed by atoms with Crippen LogP contribution in [0.5, 0.6) is 0 Å². The number of hydrogen-bond acceptors (Lipinski definition) is 18. The molecule has 0 aromatic heterocycles. The Bertz CT molecular complexity index is 2120. The minimum atomic E-state index is -0.875. The summed E-state index contributed by atoms with van der Waals surface area (Å²) in [4.78, 5) is 85.3. The minimum Gasteiger partial charge on any atom is -0.412 e. The second-order valence-electron chi connectivity index (χ2n) is 15.3. The molecule has 3 aliphatic heterocycles. The Morgan fingerprint density at radius 3 is 0.985 bits per heavy atom. The number of nitrogens with zero attached hydrogens (tertiary/aromatic N) is 3. The van der Waals surface area contributed by atoms with Gasteiger partial charge in [0.25, 0.3) is 35.4 Å². The third-order valence-electron chi connectivity index (χ3n) is 10.8. The van der Waals surface area contributed by atoms with Crippen LogP contribution in [-0.2, 0) is 14.5 Å². The van der Waals surface area contributed by atoms with Gasteiger partial charge in [0.1, 0.15) is 0 Å². The van der Waals surface area contributed by atoms with Crippen LogP contribution >= 0.6 is 0 Å². The van der Waals surface area contributed by atoms with Gasteiger partial charge < -0.3 is 35.8 Å². The number of amides is 6. The summed E-state index contributed by atoms with van der Waals surface area (Å²) in [5.74, 6) is 9.79. The summed E-state index contributed by atoms with van der Waals surface area (Å²) in [7, 11) is 0. The van der Waals surface area contributed by atoms with Crippen LogP contribution in [0.15, 0.2) is 97.1 Å². The van der Waals surface area contributed by atoms with Crippen molar-refractivity contribution in [1.82, 2.24) is 15.2 Å². The van der Waals surface area contributed by atoms with Gasteiger partial charge in [-0.15, -0.1) is 15.2 Å². The van der Waals surface area contributed by atoms with Crippen LogP contribution in [0, 0.1) is 0 Å². The van der Waals surface area contributed by atoms with Gasteiger partial charge >= 0.3 is 0 Å². The molecule has 0 bridgehead atoms. The number of hydroxylamine groups is 6. The first-order valence-electron chi connectivity index (χ1n) is 20.5. The van der Waals surface area contributed by atoms with Gasteiger partial charge in [0, 0.05) is 25.7 Å². The van der Waals surface area contributed by atoms with Crippen LogP contribution in [0.4, 0.5) is 0 Å². The largest absolute Gasteiger partial charge is 0.412 e. The highest BCUT2D eigenvalue weighted by Gasteiger charge is 2.42. The molecule has 22 nitrogen and oxygen atoms in total. The van der Waals surface area contributed by atoms with E-state index < -0.39 is 54.1 Å². The zero-order valence-electron chi connectivity index (χ0n) is 35.4. The zero-order chi connectivity index (χ0) is 47.4. The topological polar surface area (TPSA) is 371 Å². The lowest BCUT2D eigenvalue weighted by Gasteiger charge is -2.18. The Morgan fingerprint density at radius 2 is 0.716 bits per heavy atom. The van der Waals surface area contributed by atoms with Gasteiger partial charge in [-0.25, -0.2) is 5.90 Å². The molecule has 0 radical (unpaired) electrons. The van der Waals surface area contributed by atoms with E-state index in [4.69, 9.17) is 36.1 Å². The first-order valence-corrected chi connectivity index (χ1v) is 20.5. The summed E-state index contributed by atoms with van der Waals surface area (Å²) in [6, 6.07) is 19.6. The van der Waals surface area contributed by atoms with E-state index in [9.17, 15) is 39.0 Å². The Morgan fingerprint density at radius 1 is 0.448 bits per heavy atom. The van der Waals surface area contributed by atoms with Crippen molar-refractivity contribution in [3.8, 4) is 0 Å². The number of carbonyl (C=O) groups is 6. The maximum Gasteiger partial charge on any atom is 0.285 e. The summed E-state index contributed by atoms with van der Waals surface area (Å²) >= 11 is 0. The molecule has 3 heterocycles. The van der Waals surface area contributed by atoms with Crippen LogP contribution in [0.1, 0.15) is 121 Å². The SMILES string of the molecule is C.NN.NOC1C[C@@H](O)[C@@H](O)C1.O.O=C1c2ccccc2C(=O)N1O.O=C1c2ccccc2C(=O)N1OC1CC=CC1.O=C1c2ccccc2C(=O)N1OC1C[C@@H](O)[C@@H](O)C1.OC1CC=CC1. The first kappa shape index (κ1) is 55.4. The van der Waals surface area contributed by atoms with Crippen molar-refractivity contribution in [2.24, 2.45) is 17.6 Å². The predicted octanol–water partition coefficient (Wildman–Crippen LogP) is 0.791. The molecule has 0 saturated heterocycles. The molecule has 2 unspecified atom stereocenters. The molecule has 2 saturated carbocycles. The number of nitrogens with two attached hydrogens (primary N) is 3. The van der Waals surface area contributed by atoms with Crippen molar-refractivity contribution in [2.75, 3.05) is 0 Å². The van der Waals surface area contributed by atoms with Crippen molar-refractivity contribution in [3.63, 3.8) is 0 Å². The lowest BCUT2D eigenvalue weighted by Crippen LogP contribution is -2.34. The van der Waals surface area contributed by atoms with Crippen molar-refractivity contribution < 1.29 is 79.5 Å². The molecule has 4 aliphatic carbocycles. The maximum absolute atomic E-state index is 12.0. The molecule has 6 amide bonds. The highest BCUT2D eigenvalue weighted by Crippen LogP contribution is 2.29. The van der Waals surface area contributed by atoms with Crippen molar-refractivity contribution in [2.45, 2.75) is 108 Å². The van der Waals surface area contributed by atoms with Gasteiger partial charge in [0.2, 0.25) is 0 Å². The molecule has 0 spiro atoms. The fraction of sp³-hybridized carbons (Fsp3) is 0.378. The Labute approximate surface area is 385 Å². The third kappa shape index (κ3) is 13.4. The number of rotatable bonds is 5. The maximum atomic E-state index is 12.0. The van der Waals surface area contributed by atoms with Crippen LogP contribution in [0.2, 0.25) is 0 Å². The molecule has 10 rings (SSSR count). The fourth-order valence-electron chi connectivity index (χ4n) is 7.38. The van der Waals surface area contributed by atoms with Crippen LogP contribution in [-0.4, -0.2) is 136 Å². The molecular weight excluding hydrogens is 881 g/mol. The number of fused-ring (bicyclic) bond motifs is 3. The van der Waals surface area contributed by atoms with Crippen LogP contribution < -0.4 is 17.6 Å². The highest BCUT2D eigenvalue weighted by atomic mass is 16.7. The number of hydrazine groups is 1. The van der Waals surface area contributed by atoms with Gasteiger partial charge in [-0.2, -0.15) is 0 Å². The van der Waals surface area contributed by atoms with E-state index in [1.807, 2.05) is 24.3 Å². The van der Waals surface area contributed by atoms with E-state index in [0.29, 0.717) is 35.1 Å². The Kier molecular flexibility index (Phi) is 21.3.